The zero-order valence-electron chi connectivity index (χ0n) is 19.6. The highest BCUT2D eigenvalue weighted by molar-refractivity contribution is 6.04. The number of ether oxygens (including phenoxy) is 2. The van der Waals surface area contributed by atoms with Gasteiger partial charge in [-0.25, -0.2) is 4.98 Å². The fourth-order valence-electron chi connectivity index (χ4n) is 3.84. The van der Waals surface area contributed by atoms with Crippen LogP contribution in [0.25, 0.3) is 0 Å². The third-order valence-corrected chi connectivity index (χ3v) is 5.85. The Morgan fingerprint density at radius 2 is 1.65 bits per heavy atom. The Hall–Kier alpha value is -4.07. The van der Waals surface area contributed by atoms with E-state index in [2.05, 4.69) is 15.2 Å². The lowest BCUT2D eigenvalue weighted by Gasteiger charge is -2.35. The van der Waals surface area contributed by atoms with Crippen LogP contribution in [0.5, 0.6) is 11.5 Å². The number of hydrogen-bond acceptors (Lipinski definition) is 6. The minimum absolute atomic E-state index is 0.0683. The van der Waals surface area contributed by atoms with Crippen LogP contribution in [0, 0.1) is 6.92 Å². The van der Waals surface area contributed by atoms with Crippen LogP contribution in [0.15, 0.2) is 60.8 Å². The van der Waals surface area contributed by atoms with Gasteiger partial charge in [-0.05, 0) is 43.3 Å². The number of methoxy groups -OCH3 is 2. The van der Waals surface area contributed by atoms with E-state index in [9.17, 15) is 9.59 Å². The molecule has 1 fully saturated rings. The lowest BCUT2D eigenvalue weighted by Crippen LogP contribution is -2.49. The van der Waals surface area contributed by atoms with E-state index in [1.807, 2.05) is 36.1 Å². The molecule has 176 valence electrons. The molecule has 4 rings (SSSR count). The predicted octanol–water partition coefficient (Wildman–Crippen LogP) is 3.62. The van der Waals surface area contributed by atoms with Crippen molar-refractivity contribution >= 4 is 23.3 Å². The number of aryl methyl sites for hydroxylation is 1. The first-order valence-electron chi connectivity index (χ1n) is 11.1. The van der Waals surface area contributed by atoms with Gasteiger partial charge in [0, 0.05) is 37.8 Å². The smallest absolute Gasteiger partial charge is 0.257 e. The van der Waals surface area contributed by atoms with E-state index in [0.29, 0.717) is 54.5 Å². The summed E-state index contributed by atoms with van der Waals surface area (Å²) in [5.74, 6) is 1.71. The SMILES string of the molecule is COc1ccc(C(=O)N2CCN(c3ccc(NC(=O)c4ccc(C)cc4)cn3)CC2)c(OC)c1. The van der Waals surface area contributed by atoms with Crippen LogP contribution < -0.4 is 19.7 Å². The van der Waals surface area contributed by atoms with E-state index in [4.69, 9.17) is 9.47 Å². The Morgan fingerprint density at radius 3 is 2.26 bits per heavy atom. The minimum atomic E-state index is -0.171. The van der Waals surface area contributed by atoms with Gasteiger partial charge in [-0.15, -0.1) is 0 Å². The number of aromatic nitrogens is 1. The molecule has 2 heterocycles. The maximum Gasteiger partial charge on any atom is 0.257 e. The van der Waals surface area contributed by atoms with Gasteiger partial charge in [0.25, 0.3) is 11.8 Å². The molecule has 0 aliphatic carbocycles. The van der Waals surface area contributed by atoms with Crippen LogP contribution in [0.4, 0.5) is 11.5 Å². The van der Waals surface area contributed by atoms with Gasteiger partial charge in [0.05, 0.1) is 31.7 Å². The standard InChI is InChI=1S/C26H28N4O4/c1-18-4-6-19(7-5-18)25(31)28-20-8-11-24(27-17-20)29-12-14-30(15-13-29)26(32)22-10-9-21(33-2)16-23(22)34-3/h4-11,16-17H,12-15H2,1-3H3,(H,28,31). The monoisotopic (exact) mass is 460 g/mol. The van der Waals surface area contributed by atoms with E-state index < -0.39 is 0 Å². The highest BCUT2D eigenvalue weighted by Gasteiger charge is 2.25. The number of amides is 2. The third-order valence-electron chi connectivity index (χ3n) is 5.85. The molecule has 1 aliphatic heterocycles. The summed E-state index contributed by atoms with van der Waals surface area (Å²) in [5.41, 5.74) is 2.86. The molecule has 1 N–H and O–H groups in total. The highest BCUT2D eigenvalue weighted by atomic mass is 16.5. The molecule has 2 aromatic carbocycles. The summed E-state index contributed by atoms with van der Waals surface area (Å²) >= 11 is 0. The summed E-state index contributed by atoms with van der Waals surface area (Å²) in [4.78, 5) is 33.9. The number of piperazine rings is 1. The molecule has 0 atom stereocenters. The summed E-state index contributed by atoms with van der Waals surface area (Å²) in [6.45, 7) is 4.44. The van der Waals surface area contributed by atoms with Crippen LogP contribution in [-0.2, 0) is 0 Å². The number of hydrogen-bond donors (Lipinski definition) is 1. The van der Waals surface area contributed by atoms with E-state index in [1.165, 1.54) is 0 Å². The van der Waals surface area contributed by atoms with Gasteiger partial charge in [-0.1, -0.05) is 17.7 Å². The Morgan fingerprint density at radius 1 is 0.912 bits per heavy atom. The molecule has 0 unspecified atom stereocenters. The molecule has 0 bridgehead atoms. The lowest BCUT2D eigenvalue weighted by atomic mass is 10.1. The summed E-state index contributed by atoms with van der Waals surface area (Å²) < 4.78 is 10.6. The summed E-state index contributed by atoms with van der Waals surface area (Å²) in [6, 6.07) is 16.3. The summed E-state index contributed by atoms with van der Waals surface area (Å²) in [6.07, 6.45) is 1.65. The molecule has 0 saturated carbocycles. The molecule has 1 aliphatic rings. The van der Waals surface area contributed by atoms with E-state index in [0.717, 1.165) is 11.4 Å². The van der Waals surface area contributed by atoms with Gasteiger partial charge in [0.1, 0.15) is 17.3 Å². The van der Waals surface area contributed by atoms with Crippen molar-refractivity contribution in [3.8, 4) is 11.5 Å². The highest BCUT2D eigenvalue weighted by Crippen LogP contribution is 2.26. The number of benzene rings is 2. The van der Waals surface area contributed by atoms with E-state index in [1.54, 1.807) is 50.7 Å². The van der Waals surface area contributed by atoms with Crippen molar-refractivity contribution in [3.63, 3.8) is 0 Å². The molecule has 3 aromatic rings. The number of anilines is 2. The first-order valence-corrected chi connectivity index (χ1v) is 11.1. The number of carbonyl (C=O) groups excluding carboxylic acids is 2. The number of rotatable bonds is 6. The molecule has 8 heteroatoms. The van der Waals surface area contributed by atoms with E-state index >= 15 is 0 Å². The number of pyridine rings is 1. The fourth-order valence-corrected chi connectivity index (χ4v) is 3.84. The van der Waals surface area contributed by atoms with Gasteiger partial charge in [0.15, 0.2) is 0 Å². The van der Waals surface area contributed by atoms with Crippen LogP contribution in [0.2, 0.25) is 0 Å². The van der Waals surface area contributed by atoms with Crippen molar-refractivity contribution in [2.24, 2.45) is 0 Å². The molecular formula is C26H28N4O4. The van der Waals surface area contributed by atoms with Crippen molar-refractivity contribution < 1.29 is 19.1 Å². The zero-order valence-corrected chi connectivity index (χ0v) is 19.6. The molecule has 34 heavy (non-hydrogen) atoms. The molecule has 0 radical (unpaired) electrons. The quantitative estimate of drug-likeness (QED) is 0.605. The van der Waals surface area contributed by atoms with Crippen molar-refractivity contribution in [1.29, 1.82) is 0 Å². The number of nitrogens with one attached hydrogen (secondary N) is 1. The van der Waals surface area contributed by atoms with Gasteiger partial charge < -0.3 is 24.6 Å². The van der Waals surface area contributed by atoms with Crippen molar-refractivity contribution in [2.45, 2.75) is 6.92 Å². The van der Waals surface area contributed by atoms with Crippen molar-refractivity contribution in [1.82, 2.24) is 9.88 Å². The molecule has 1 aromatic heterocycles. The summed E-state index contributed by atoms with van der Waals surface area (Å²) in [5, 5.41) is 2.87. The first kappa shape index (κ1) is 23.1. The Labute approximate surface area is 199 Å². The zero-order chi connectivity index (χ0) is 24.1. The lowest BCUT2D eigenvalue weighted by molar-refractivity contribution is 0.0743. The average molecular weight is 461 g/mol. The van der Waals surface area contributed by atoms with Gasteiger partial charge >= 0.3 is 0 Å². The molecule has 2 amide bonds. The van der Waals surface area contributed by atoms with Crippen molar-refractivity contribution in [3.05, 3.63) is 77.5 Å². The Bertz CT molecular complexity index is 1150. The summed E-state index contributed by atoms with van der Waals surface area (Å²) in [7, 11) is 3.12. The predicted molar refractivity (Wildman–Crippen MR) is 131 cm³/mol. The van der Waals surface area contributed by atoms with Gasteiger partial charge in [0.2, 0.25) is 0 Å². The molecule has 0 spiro atoms. The topological polar surface area (TPSA) is 84.0 Å². The van der Waals surface area contributed by atoms with Gasteiger partial charge in [-0.2, -0.15) is 0 Å². The normalized spacial score (nSPS) is 13.4. The Balaban J connectivity index is 1.35. The largest absolute Gasteiger partial charge is 0.497 e. The molecular weight excluding hydrogens is 432 g/mol. The second-order valence-electron chi connectivity index (χ2n) is 8.07. The first-order chi connectivity index (χ1) is 16.5. The third kappa shape index (κ3) is 5.11. The fraction of sp³-hybridized carbons (Fsp3) is 0.269. The van der Waals surface area contributed by atoms with Crippen LogP contribution in [0.1, 0.15) is 26.3 Å². The van der Waals surface area contributed by atoms with Gasteiger partial charge in [-0.3, -0.25) is 9.59 Å². The maximum atomic E-state index is 13.0. The molecule has 8 nitrogen and oxygen atoms in total. The minimum Gasteiger partial charge on any atom is -0.497 e. The number of nitrogens with zero attached hydrogens (tertiary/aromatic N) is 3. The second-order valence-corrected chi connectivity index (χ2v) is 8.07. The van der Waals surface area contributed by atoms with Crippen molar-refractivity contribution in [2.75, 3.05) is 50.6 Å². The van der Waals surface area contributed by atoms with E-state index in [-0.39, 0.29) is 11.8 Å². The van der Waals surface area contributed by atoms with Crippen LogP contribution >= 0.6 is 0 Å². The maximum absolute atomic E-state index is 13.0. The Kier molecular flexibility index (Phi) is 6.96. The number of carbonyl (C=O) groups is 2. The molecule has 1 saturated heterocycles. The second kappa shape index (κ2) is 10.2. The average Bonchev–Trinajstić information content (AvgIpc) is 2.88. The van der Waals surface area contributed by atoms with Crippen LogP contribution in [0.3, 0.4) is 0 Å². The van der Waals surface area contributed by atoms with Crippen LogP contribution in [-0.4, -0.2) is 62.1 Å².